The second-order valence-electron chi connectivity index (χ2n) is 1.14. The number of hydrogen-bond acceptors (Lipinski definition) is 3. The van der Waals surface area contributed by atoms with Gasteiger partial charge in [-0.05, 0) is 0 Å². The topological polar surface area (TPSA) is 30.8 Å². The molecule has 1 unspecified atom stereocenters. The van der Waals surface area contributed by atoms with Crippen molar-refractivity contribution in [1.82, 2.24) is 0 Å². The zero-order valence-electron chi connectivity index (χ0n) is 4.05. The SMILES string of the molecule is COC1N=[C]CO1. The molecule has 0 aromatic carbocycles. The van der Waals surface area contributed by atoms with Crippen molar-refractivity contribution in [2.75, 3.05) is 13.7 Å². The van der Waals surface area contributed by atoms with Crippen molar-refractivity contribution < 1.29 is 9.47 Å². The summed E-state index contributed by atoms with van der Waals surface area (Å²) in [5, 5.41) is 0. The molecule has 0 bridgehead atoms. The number of methoxy groups -OCH3 is 1. The number of hydrogen-bond donors (Lipinski definition) is 0. The Hall–Kier alpha value is -0.410. The highest BCUT2D eigenvalue weighted by molar-refractivity contribution is 5.59. The van der Waals surface area contributed by atoms with Crippen LogP contribution in [0.1, 0.15) is 0 Å². The van der Waals surface area contributed by atoms with Gasteiger partial charge in [-0.25, -0.2) is 4.99 Å². The predicted molar refractivity (Wildman–Crippen MR) is 24.2 cm³/mol. The van der Waals surface area contributed by atoms with Gasteiger partial charge in [-0.1, -0.05) is 0 Å². The Kier molecular flexibility index (Phi) is 1.38. The van der Waals surface area contributed by atoms with Gasteiger partial charge >= 0.3 is 0 Å². The van der Waals surface area contributed by atoms with Crippen molar-refractivity contribution in [1.29, 1.82) is 0 Å². The van der Waals surface area contributed by atoms with Crippen LogP contribution in [0.4, 0.5) is 0 Å². The summed E-state index contributed by atoms with van der Waals surface area (Å²) < 4.78 is 9.46. The van der Waals surface area contributed by atoms with E-state index in [0.717, 1.165) is 0 Å². The number of aliphatic imine (C=N–C) groups is 1. The maximum Gasteiger partial charge on any atom is 0.258 e. The van der Waals surface area contributed by atoms with Gasteiger partial charge in [-0.2, -0.15) is 0 Å². The van der Waals surface area contributed by atoms with E-state index in [-0.39, 0.29) is 6.41 Å². The average Bonchev–Trinajstić information content (AvgIpc) is 2.14. The lowest BCUT2D eigenvalue weighted by molar-refractivity contribution is -0.0914. The van der Waals surface area contributed by atoms with Gasteiger partial charge < -0.3 is 9.47 Å². The molecule has 0 fully saturated rings. The molecule has 1 heterocycles. The summed E-state index contributed by atoms with van der Waals surface area (Å²) in [6, 6.07) is 0. The molecule has 39 valence electrons. The predicted octanol–water partition coefficient (Wildman–Crippen LogP) is -0.106. The average molecular weight is 100 g/mol. The zero-order chi connectivity index (χ0) is 5.11. The Morgan fingerprint density at radius 1 is 2.00 bits per heavy atom. The largest absolute Gasteiger partial charge is 0.337 e. The maximum absolute atomic E-state index is 4.80. The third-order valence-electron chi connectivity index (χ3n) is 0.689. The van der Waals surface area contributed by atoms with Crippen LogP contribution in [-0.4, -0.2) is 26.3 Å². The lowest BCUT2D eigenvalue weighted by atomic mass is 10.8. The van der Waals surface area contributed by atoms with Gasteiger partial charge in [-0.3, -0.25) is 0 Å². The van der Waals surface area contributed by atoms with E-state index in [1.54, 1.807) is 7.11 Å². The van der Waals surface area contributed by atoms with Crippen molar-refractivity contribution in [3.05, 3.63) is 0 Å². The molecule has 1 rings (SSSR count). The quantitative estimate of drug-likeness (QED) is 0.460. The molecule has 0 aliphatic carbocycles. The summed E-state index contributed by atoms with van der Waals surface area (Å²) in [7, 11) is 1.54. The summed E-state index contributed by atoms with van der Waals surface area (Å²) >= 11 is 0. The Bertz CT molecular complexity index is 81.8. The summed E-state index contributed by atoms with van der Waals surface area (Å²) in [5.74, 6) is 0. The minimum absolute atomic E-state index is 0.389. The molecule has 1 radical (unpaired) electrons. The molecule has 0 saturated heterocycles. The van der Waals surface area contributed by atoms with Gasteiger partial charge in [0.25, 0.3) is 6.41 Å². The Labute approximate surface area is 42.0 Å². The summed E-state index contributed by atoms with van der Waals surface area (Å²) in [5.41, 5.74) is 0. The maximum atomic E-state index is 4.80. The number of nitrogens with zero attached hydrogens (tertiary/aromatic N) is 1. The summed E-state index contributed by atoms with van der Waals surface area (Å²) in [6.45, 7) is 0.457. The Balaban J connectivity index is 2.28. The summed E-state index contributed by atoms with van der Waals surface area (Å²) in [6.07, 6.45) is 2.21. The van der Waals surface area contributed by atoms with Crippen LogP contribution >= 0.6 is 0 Å². The fourth-order valence-electron chi connectivity index (χ4n) is 0.378. The molecule has 1 aliphatic rings. The van der Waals surface area contributed by atoms with Gasteiger partial charge in [0.2, 0.25) is 0 Å². The van der Waals surface area contributed by atoms with Crippen LogP contribution in [0.5, 0.6) is 0 Å². The minimum atomic E-state index is -0.389. The molecule has 0 saturated carbocycles. The Morgan fingerprint density at radius 2 is 2.86 bits per heavy atom. The molecule has 0 aromatic heterocycles. The molecular weight excluding hydrogens is 94.0 g/mol. The molecule has 0 N–H and O–H groups in total. The second kappa shape index (κ2) is 2.04. The van der Waals surface area contributed by atoms with Crippen LogP contribution in [0.25, 0.3) is 0 Å². The fraction of sp³-hybridized carbons (Fsp3) is 0.750. The van der Waals surface area contributed by atoms with Gasteiger partial charge in [0.15, 0.2) is 0 Å². The minimum Gasteiger partial charge on any atom is -0.337 e. The number of rotatable bonds is 1. The van der Waals surface area contributed by atoms with Gasteiger partial charge in [0.05, 0.1) is 12.8 Å². The molecule has 0 spiro atoms. The smallest absolute Gasteiger partial charge is 0.258 e. The normalized spacial score (nSPS) is 29.0. The van der Waals surface area contributed by atoms with E-state index in [9.17, 15) is 0 Å². The second-order valence-corrected chi connectivity index (χ2v) is 1.14. The van der Waals surface area contributed by atoms with Crippen LogP contribution in [0.3, 0.4) is 0 Å². The van der Waals surface area contributed by atoms with Crippen LogP contribution < -0.4 is 0 Å². The molecular formula is C4H6NO2. The third-order valence-corrected chi connectivity index (χ3v) is 0.689. The molecule has 1 atom stereocenters. The first-order chi connectivity index (χ1) is 3.43. The van der Waals surface area contributed by atoms with Crippen molar-refractivity contribution in [3.63, 3.8) is 0 Å². The molecule has 3 heteroatoms. The summed E-state index contributed by atoms with van der Waals surface area (Å²) in [4.78, 5) is 3.66. The molecule has 3 nitrogen and oxygen atoms in total. The third kappa shape index (κ3) is 0.976. The fourth-order valence-corrected chi connectivity index (χ4v) is 0.378. The highest BCUT2D eigenvalue weighted by atomic mass is 16.7. The van der Waals surface area contributed by atoms with E-state index in [1.807, 2.05) is 0 Å². The first kappa shape index (κ1) is 4.74. The van der Waals surface area contributed by atoms with E-state index < -0.39 is 0 Å². The highest BCUT2D eigenvalue weighted by Crippen LogP contribution is 1.97. The van der Waals surface area contributed by atoms with E-state index in [4.69, 9.17) is 4.74 Å². The van der Waals surface area contributed by atoms with Crippen LogP contribution in [0, 0.1) is 0 Å². The van der Waals surface area contributed by atoms with Gasteiger partial charge in [0, 0.05) is 7.11 Å². The van der Waals surface area contributed by atoms with Crippen LogP contribution in [0.2, 0.25) is 0 Å². The monoisotopic (exact) mass is 100 g/mol. The van der Waals surface area contributed by atoms with E-state index >= 15 is 0 Å². The van der Waals surface area contributed by atoms with Crippen molar-refractivity contribution in [2.24, 2.45) is 4.99 Å². The van der Waals surface area contributed by atoms with Crippen molar-refractivity contribution in [3.8, 4) is 0 Å². The highest BCUT2D eigenvalue weighted by Gasteiger charge is 2.06. The standard InChI is InChI=1S/C4H6NO2/c1-6-4-5-2-3-7-4/h4H,3H2,1H3. The Morgan fingerprint density at radius 3 is 3.14 bits per heavy atom. The first-order valence-electron chi connectivity index (χ1n) is 2.00. The lowest BCUT2D eigenvalue weighted by Gasteiger charge is -2.00. The van der Waals surface area contributed by atoms with E-state index in [0.29, 0.717) is 6.61 Å². The molecule has 1 aliphatic heterocycles. The van der Waals surface area contributed by atoms with Crippen molar-refractivity contribution >= 4 is 6.21 Å². The van der Waals surface area contributed by atoms with E-state index in [2.05, 4.69) is 15.9 Å². The number of ether oxygens (including phenoxy) is 2. The van der Waals surface area contributed by atoms with Gasteiger partial charge in [-0.15, -0.1) is 0 Å². The van der Waals surface area contributed by atoms with Crippen LogP contribution in [-0.2, 0) is 9.47 Å². The zero-order valence-corrected chi connectivity index (χ0v) is 4.05. The first-order valence-corrected chi connectivity index (χ1v) is 2.00. The van der Waals surface area contributed by atoms with Crippen LogP contribution in [0.15, 0.2) is 4.99 Å². The van der Waals surface area contributed by atoms with Crippen molar-refractivity contribution in [2.45, 2.75) is 6.41 Å². The van der Waals surface area contributed by atoms with Gasteiger partial charge in [0.1, 0.15) is 0 Å². The molecule has 7 heavy (non-hydrogen) atoms. The lowest BCUT2D eigenvalue weighted by Crippen LogP contribution is -2.05. The molecule has 0 aromatic rings. The molecule has 0 amide bonds. The van der Waals surface area contributed by atoms with E-state index in [1.165, 1.54) is 0 Å².